The summed E-state index contributed by atoms with van der Waals surface area (Å²) in [6.07, 6.45) is 0. The second-order valence-corrected chi connectivity index (χ2v) is 4.43. The zero-order chi connectivity index (χ0) is 14.7. The molecule has 0 atom stereocenters. The van der Waals surface area contributed by atoms with Gasteiger partial charge in [0.1, 0.15) is 18.1 Å². The number of hydrogen-bond acceptors (Lipinski definition) is 4. The average molecular weight is 297 g/mol. The Morgan fingerprint density at radius 2 is 2.15 bits per heavy atom. The lowest BCUT2D eigenvalue weighted by Crippen LogP contribution is -2.03. The van der Waals surface area contributed by atoms with Gasteiger partial charge >= 0.3 is 5.82 Å². The Hall–Kier alpha value is -2.21. The number of nitrogens with zero attached hydrogens (tertiary/aromatic N) is 2. The van der Waals surface area contributed by atoms with Crippen molar-refractivity contribution in [3.63, 3.8) is 0 Å². The van der Waals surface area contributed by atoms with E-state index in [0.29, 0.717) is 5.69 Å². The average Bonchev–Trinajstić information content (AvgIpc) is 2.39. The highest BCUT2D eigenvalue weighted by Crippen LogP contribution is 2.27. The standard InChI is InChI=1S/C13H10ClFN2O3/c1-8-5-6-12(13(16-8)17(18)19)20-7-9-10(14)3-2-4-11(9)15/h2-6H,7H2,1H3. The number of hydrogen-bond donors (Lipinski definition) is 0. The van der Waals surface area contributed by atoms with E-state index in [1.54, 1.807) is 13.0 Å². The molecular weight excluding hydrogens is 287 g/mol. The Balaban J connectivity index is 2.25. The van der Waals surface area contributed by atoms with Gasteiger partial charge in [-0.3, -0.25) is 0 Å². The first kappa shape index (κ1) is 14.2. The van der Waals surface area contributed by atoms with Gasteiger partial charge in [0.05, 0.1) is 5.02 Å². The van der Waals surface area contributed by atoms with Crippen LogP contribution in [0.3, 0.4) is 0 Å². The Labute approximate surface area is 119 Å². The summed E-state index contributed by atoms with van der Waals surface area (Å²) in [5.74, 6) is -0.961. The normalized spacial score (nSPS) is 10.3. The van der Waals surface area contributed by atoms with Gasteiger partial charge < -0.3 is 14.9 Å². The Kier molecular flexibility index (Phi) is 4.14. The minimum atomic E-state index is -0.648. The fraction of sp³-hybridized carbons (Fsp3) is 0.154. The third-order valence-corrected chi connectivity index (χ3v) is 2.94. The topological polar surface area (TPSA) is 65.3 Å². The number of ether oxygens (including phenoxy) is 1. The van der Waals surface area contributed by atoms with Gasteiger partial charge in [0.25, 0.3) is 0 Å². The van der Waals surface area contributed by atoms with Crippen LogP contribution in [0, 0.1) is 22.9 Å². The molecule has 0 radical (unpaired) electrons. The highest BCUT2D eigenvalue weighted by Gasteiger charge is 2.18. The molecule has 20 heavy (non-hydrogen) atoms. The summed E-state index contributed by atoms with van der Waals surface area (Å²) >= 11 is 5.85. The van der Waals surface area contributed by atoms with Crippen LogP contribution in [0.2, 0.25) is 5.02 Å². The van der Waals surface area contributed by atoms with Crippen molar-refractivity contribution >= 4 is 17.4 Å². The summed E-state index contributed by atoms with van der Waals surface area (Å²) in [6.45, 7) is 1.42. The van der Waals surface area contributed by atoms with Crippen LogP contribution in [-0.4, -0.2) is 9.91 Å². The first-order chi connectivity index (χ1) is 9.49. The number of benzene rings is 1. The van der Waals surface area contributed by atoms with E-state index in [1.165, 1.54) is 24.3 Å². The largest absolute Gasteiger partial charge is 0.481 e. The summed E-state index contributed by atoms with van der Waals surface area (Å²) in [6, 6.07) is 7.23. The van der Waals surface area contributed by atoms with Gasteiger partial charge in [-0.2, -0.15) is 0 Å². The number of halogens is 2. The number of nitro groups is 1. The molecule has 1 heterocycles. The van der Waals surface area contributed by atoms with Crippen LogP contribution in [0.1, 0.15) is 11.3 Å². The van der Waals surface area contributed by atoms with Gasteiger partial charge in [-0.15, -0.1) is 0 Å². The van der Waals surface area contributed by atoms with E-state index in [1.807, 2.05) is 0 Å². The molecule has 0 saturated carbocycles. The molecule has 0 aliphatic heterocycles. The molecule has 0 fully saturated rings. The van der Waals surface area contributed by atoms with Gasteiger partial charge in [0, 0.05) is 12.5 Å². The molecule has 1 aromatic carbocycles. The van der Waals surface area contributed by atoms with Gasteiger partial charge in [0.2, 0.25) is 5.75 Å². The van der Waals surface area contributed by atoms with Crippen LogP contribution >= 0.6 is 11.6 Å². The van der Waals surface area contributed by atoms with Crippen LogP contribution in [-0.2, 0) is 6.61 Å². The molecule has 1 aromatic heterocycles. The predicted octanol–water partition coefficient (Wildman–Crippen LogP) is 3.67. The Bertz CT molecular complexity index is 644. The number of rotatable bonds is 4. The van der Waals surface area contributed by atoms with Crippen LogP contribution < -0.4 is 4.74 Å². The summed E-state index contributed by atoms with van der Waals surface area (Å²) in [5, 5.41) is 11.1. The van der Waals surface area contributed by atoms with Crippen LogP contribution in [0.15, 0.2) is 30.3 Å². The molecule has 0 amide bonds. The number of aryl methyl sites for hydroxylation is 1. The van der Waals surface area contributed by atoms with E-state index in [-0.39, 0.29) is 22.9 Å². The monoisotopic (exact) mass is 296 g/mol. The van der Waals surface area contributed by atoms with Gasteiger partial charge in [-0.05, 0) is 34.2 Å². The fourth-order valence-electron chi connectivity index (χ4n) is 1.59. The van der Waals surface area contributed by atoms with Crippen LogP contribution in [0.5, 0.6) is 5.75 Å². The Morgan fingerprint density at radius 1 is 1.40 bits per heavy atom. The number of aromatic nitrogens is 1. The van der Waals surface area contributed by atoms with Crippen molar-refractivity contribution in [2.24, 2.45) is 0 Å². The van der Waals surface area contributed by atoms with Crippen molar-refractivity contribution in [3.05, 3.63) is 62.5 Å². The van der Waals surface area contributed by atoms with Gasteiger partial charge in [-0.25, -0.2) is 4.39 Å². The number of pyridine rings is 1. The van der Waals surface area contributed by atoms with E-state index in [4.69, 9.17) is 16.3 Å². The minimum absolute atomic E-state index is 0.0279. The zero-order valence-electron chi connectivity index (χ0n) is 10.5. The zero-order valence-corrected chi connectivity index (χ0v) is 11.2. The van der Waals surface area contributed by atoms with E-state index < -0.39 is 16.6 Å². The van der Waals surface area contributed by atoms with E-state index in [9.17, 15) is 14.5 Å². The van der Waals surface area contributed by atoms with Gasteiger partial charge in [0.15, 0.2) is 0 Å². The van der Waals surface area contributed by atoms with Crippen LogP contribution in [0.25, 0.3) is 0 Å². The summed E-state index contributed by atoms with van der Waals surface area (Å²) < 4.78 is 18.8. The summed E-state index contributed by atoms with van der Waals surface area (Å²) in [5.41, 5.74) is 0.636. The van der Waals surface area contributed by atoms with Gasteiger partial charge in [-0.1, -0.05) is 17.7 Å². The summed E-state index contributed by atoms with van der Waals surface area (Å²) in [7, 11) is 0. The molecule has 0 bridgehead atoms. The van der Waals surface area contributed by atoms with Crippen molar-refractivity contribution in [1.29, 1.82) is 0 Å². The van der Waals surface area contributed by atoms with Crippen molar-refractivity contribution in [3.8, 4) is 5.75 Å². The third-order valence-electron chi connectivity index (χ3n) is 2.59. The third kappa shape index (κ3) is 3.03. The van der Waals surface area contributed by atoms with E-state index >= 15 is 0 Å². The highest BCUT2D eigenvalue weighted by atomic mass is 35.5. The summed E-state index contributed by atoms with van der Waals surface area (Å²) in [4.78, 5) is 14.0. The molecule has 0 N–H and O–H groups in total. The highest BCUT2D eigenvalue weighted by molar-refractivity contribution is 6.31. The molecule has 0 aliphatic rings. The van der Waals surface area contributed by atoms with E-state index in [2.05, 4.69) is 4.98 Å². The molecule has 5 nitrogen and oxygen atoms in total. The lowest BCUT2D eigenvalue weighted by molar-refractivity contribution is -0.390. The molecule has 0 saturated heterocycles. The lowest BCUT2D eigenvalue weighted by atomic mass is 10.2. The van der Waals surface area contributed by atoms with Crippen molar-refractivity contribution in [2.75, 3.05) is 0 Å². The first-order valence-electron chi connectivity index (χ1n) is 5.66. The van der Waals surface area contributed by atoms with E-state index in [0.717, 1.165) is 0 Å². The molecule has 104 valence electrons. The molecule has 0 aliphatic carbocycles. The molecule has 7 heteroatoms. The molecule has 0 unspecified atom stereocenters. The maximum absolute atomic E-state index is 13.6. The van der Waals surface area contributed by atoms with Crippen molar-refractivity contribution < 1.29 is 14.1 Å². The fourth-order valence-corrected chi connectivity index (χ4v) is 1.81. The van der Waals surface area contributed by atoms with Crippen molar-refractivity contribution in [1.82, 2.24) is 4.98 Å². The molecule has 0 spiro atoms. The SMILES string of the molecule is Cc1ccc(OCc2c(F)cccc2Cl)c([N+](=O)[O-])n1. The van der Waals surface area contributed by atoms with Crippen LogP contribution in [0.4, 0.5) is 10.2 Å². The quantitative estimate of drug-likeness (QED) is 0.638. The maximum atomic E-state index is 13.6. The minimum Gasteiger partial charge on any atom is -0.481 e. The van der Waals surface area contributed by atoms with Crippen molar-refractivity contribution in [2.45, 2.75) is 13.5 Å². The second kappa shape index (κ2) is 5.83. The molecule has 2 aromatic rings. The first-order valence-corrected chi connectivity index (χ1v) is 6.04. The second-order valence-electron chi connectivity index (χ2n) is 4.02. The lowest BCUT2D eigenvalue weighted by Gasteiger charge is -2.08. The molecular formula is C13H10ClFN2O3. The molecule has 2 rings (SSSR count). The predicted molar refractivity (Wildman–Crippen MR) is 71.4 cm³/mol. The Morgan fingerprint density at radius 3 is 2.80 bits per heavy atom. The smallest absolute Gasteiger partial charge is 0.406 e. The maximum Gasteiger partial charge on any atom is 0.406 e.